The van der Waals surface area contributed by atoms with Gasteiger partial charge in [-0.3, -0.25) is 0 Å². The Labute approximate surface area is 149 Å². The summed E-state index contributed by atoms with van der Waals surface area (Å²) >= 11 is 3.57. The van der Waals surface area contributed by atoms with Gasteiger partial charge in [-0.2, -0.15) is 0 Å². The van der Waals surface area contributed by atoms with Gasteiger partial charge in [0, 0.05) is 17.3 Å². The van der Waals surface area contributed by atoms with Crippen molar-refractivity contribution in [1.82, 2.24) is 9.97 Å². The van der Waals surface area contributed by atoms with Crippen LogP contribution >= 0.6 is 15.9 Å². The smallest absolute Gasteiger partial charge is 0.161 e. The number of methoxy groups -OCH3 is 1. The SMILES string of the molecule is CCOc1cc2c(Nc3ccc(OC)cc3)c(Br)cnc2nc1C. The number of ether oxygens (including phenoxy) is 2. The molecule has 0 spiro atoms. The van der Waals surface area contributed by atoms with Gasteiger partial charge in [-0.1, -0.05) is 0 Å². The monoisotopic (exact) mass is 387 g/mol. The van der Waals surface area contributed by atoms with Crippen LogP contribution < -0.4 is 14.8 Å². The molecule has 0 fully saturated rings. The Balaban J connectivity index is 2.07. The summed E-state index contributed by atoms with van der Waals surface area (Å²) in [6.07, 6.45) is 1.75. The molecule has 0 saturated carbocycles. The minimum Gasteiger partial charge on any atom is -0.497 e. The summed E-state index contributed by atoms with van der Waals surface area (Å²) in [5, 5.41) is 4.31. The first-order valence-corrected chi connectivity index (χ1v) is 8.41. The van der Waals surface area contributed by atoms with Gasteiger partial charge >= 0.3 is 0 Å². The van der Waals surface area contributed by atoms with Crippen molar-refractivity contribution >= 4 is 38.3 Å². The zero-order valence-corrected chi connectivity index (χ0v) is 15.3. The van der Waals surface area contributed by atoms with Crippen LogP contribution in [0.25, 0.3) is 11.0 Å². The van der Waals surface area contributed by atoms with E-state index in [4.69, 9.17) is 9.47 Å². The Kier molecular flexibility index (Phi) is 4.85. The second-order valence-electron chi connectivity index (χ2n) is 5.21. The van der Waals surface area contributed by atoms with Crippen molar-refractivity contribution in [2.45, 2.75) is 13.8 Å². The van der Waals surface area contributed by atoms with Crippen molar-refractivity contribution in [3.8, 4) is 11.5 Å². The summed E-state index contributed by atoms with van der Waals surface area (Å²) in [5.74, 6) is 1.58. The van der Waals surface area contributed by atoms with Gasteiger partial charge in [0.25, 0.3) is 0 Å². The van der Waals surface area contributed by atoms with Crippen LogP contribution in [0.3, 0.4) is 0 Å². The predicted molar refractivity (Wildman–Crippen MR) is 99.4 cm³/mol. The van der Waals surface area contributed by atoms with Crippen molar-refractivity contribution in [1.29, 1.82) is 0 Å². The maximum Gasteiger partial charge on any atom is 0.161 e. The molecule has 5 nitrogen and oxygen atoms in total. The number of aromatic nitrogens is 2. The number of benzene rings is 1. The summed E-state index contributed by atoms with van der Waals surface area (Å²) in [6, 6.07) is 9.72. The molecule has 3 rings (SSSR count). The molecule has 1 aromatic carbocycles. The molecule has 0 amide bonds. The van der Waals surface area contributed by atoms with Crippen LogP contribution in [0.15, 0.2) is 41.0 Å². The number of nitrogens with one attached hydrogen (secondary N) is 1. The molecule has 0 unspecified atom stereocenters. The number of hydrogen-bond donors (Lipinski definition) is 1. The first kappa shape index (κ1) is 16.5. The highest BCUT2D eigenvalue weighted by Gasteiger charge is 2.12. The molecule has 6 heteroatoms. The van der Waals surface area contributed by atoms with E-state index in [9.17, 15) is 0 Å². The molecule has 0 aliphatic rings. The van der Waals surface area contributed by atoms with Gasteiger partial charge in [0.15, 0.2) is 5.65 Å². The van der Waals surface area contributed by atoms with Crippen LogP contribution in [0, 0.1) is 6.92 Å². The number of pyridine rings is 2. The molecule has 124 valence electrons. The van der Waals surface area contributed by atoms with Crippen molar-refractivity contribution in [3.05, 3.63) is 46.7 Å². The number of halogens is 1. The summed E-state index contributed by atoms with van der Waals surface area (Å²) in [7, 11) is 1.65. The van der Waals surface area contributed by atoms with E-state index >= 15 is 0 Å². The van der Waals surface area contributed by atoms with Crippen LogP contribution in [0.1, 0.15) is 12.6 Å². The van der Waals surface area contributed by atoms with E-state index in [-0.39, 0.29) is 0 Å². The Hall–Kier alpha value is -2.34. The fourth-order valence-electron chi connectivity index (χ4n) is 2.42. The minimum absolute atomic E-state index is 0.594. The Bertz CT molecular complexity index is 866. The van der Waals surface area contributed by atoms with E-state index in [0.717, 1.165) is 38.4 Å². The zero-order valence-electron chi connectivity index (χ0n) is 13.8. The molecule has 0 aliphatic heterocycles. The van der Waals surface area contributed by atoms with Crippen molar-refractivity contribution in [2.75, 3.05) is 19.0 Å². The van der Waals surface area contributed by atoms with Gasteiger partial charge in [0.05, 0.1) is 29.6 Å². The minimum atomic E-state index is 0.594. The quantitative estimate of drug-likeness (QED) is 0.677. The number of hydrogen-bond acceptors (Lipinski definition) is 5. The van der Waals surface area contributed by atoms with Crippen LogP contribution in [-0.2, 0) is 0 Å². The van der Waals surface area contributed by atoms with Crippen LogP contribution in [-0.4, -0.2) is 23.7 Å². The largest absolute Gasteiger partial charge is 0.497 e. The Morgan fingerprint density at radius 1 is 1.21 bits per heavy atom. The number of nitrogens with zero attached hydrogens (tertiary/aromatic N) is 2. The first-order valence-electron chi connectivity index (χ1n) is 7.62. The molecule has 2 heterocycles. The molecule has 2 aromatic heterocycles. The van der Waals surface area contributed by atoms with Crippen LogP contribution in [0.2, 0.25) is 0 Å². The zero-order chi connectivity index (χ0) is 17.1. The molecule has 1 N–H and O–H groups in total. The summed E-state index contributed by atoms with van der Waals surface area (Å²) in [4.78, 5) is 8.95. The lowest BCUT2D eigenvalue weighted by molar-refractivity contribution is 0.337. The Morgan fingerprint density at radius 3 is 2.62 bits per heavy atom. The summed E-state index contributed by atoms with van der Waals surface area (Å²) in [5.41, 5.74) is 3.35. The number of rotatable bonds is 5. The van der Waals surface area contributed by atoms with E-state index < -0.39 is 0 Å². The highest BCUT2D eigenvalue weighted by atomic mass is 79.9. The van der Waals surface area contributed by atoms with E-state index in [0.29, 0.717) is 12.3 Å². The summed E-state index contributed by atoms with van der Waals surface area (Å²) < 4.78 is 11.7. The third kappa shape index (κ3) is 3.28. The van der Waals surface area contributed by atoms with Gasteiger partial charge in [0.1, 0.15) is 11.5 Å². The molecule has 0 aliphatic carbocycles. The standard InChI is InChI=1S/C18H18BrN3O2/c1-4-24-16-9-14-17(15(19)10-20-18(14)21-11(16)2)22-12-5-7-13(23-3)8-6-12/h5-10H,4H2,1-3H3,(H,20,21,22). The first-order chi connectivity index (χ1) is 11.6. The molecular weight excluding hydrogens is 370 g/mol. The highest BCUT2D eigenvalue weighted by Crippen LogP contribution is 2.34. The number of aryl methyl sites for hydroxylation is 1. The molecule has 0 bridgehead atoms. The molecule has 3 aromatic rings. The maximum atomic E-state index is 5.67. The van der Waals surface area contributed by atoms with E-state index in [2.05, 4.69) is 31.2 Å². The Morgan fingerprint density at radius 2 is 1.96 bits per heavy atom. The average Bonchev–Trinajstić information content (AvgIpc) is 2.59. The lowest BCUT2D eigenvalue weighted by Gasteiger charge is -2.14. The van der Waals surface area contributed by atoms with Gasteiger partial charge in [-0.05, 0) is 60.1 Å². The lowest BCUT2D eigenvalue weighted by atomic mass is 10.2. The van der Waals surface area contributed by atoms with E-state index in [1.54, 1.807) is 13.3 Å². The van der Waals surface area contributed by atoms with Crippen molar-refractivity contribution in [2.24, 2.45) is 0 Å². The molecule has 0 saturated heterocycles. The summed E-state index contributed by atoms with van der Waals surface area (Å²) in [6.45, 7) is 4.47. The molecule has 24 heavy (non-hydrogen) atoms. The van der Waals surface area contributed by atoms with Crippen molar-refractivity contribution < 1.29 is 9.47 Å². The van der Waals surface area contributed by atoms with Crippen LogP contribution in [0.5, 0.6) is 11.5 Å². The maximum absolute atomic E-state index is 5.67. The number of fused-ring (bicyclic) bond motifs is 1. The third-order valence-corrected chi connectivity index (χ3v) is 4.22. The van der Waals surface area contributed by atoms with Gasteiger partial charge in [-0.25, -0.2) is 9.97 Å². The predicted octanol–water partition coefficient (Wildman–Crippen LogP) is 4.85. The van der Waals surface area contributed by atoms with Crippen LogP contribution in [0.4, 0.5) is 11.4 Å². The average molecular weight is 388 g/mol. The van der Waals surface area contributed by atoms with Crippen molar-refractivity contribution in [3.63, 3.8) is 0 Å². The van der Waals surface area contributed by atoms with E-state index in [1.165, 1.54) is 0 Å². The fourth-order valence-corrected chi connectivity index (χ4v) is 2.83. The molecular formula is C18H18BrN3O2. The third-order valence-electron chi connectivity index (χ3n) is 3.61. The second kappa shape index (κ2) is 7.05. The lowest BCUT2D eigenvalue weighted by Crippen LogP contribution is -2.00. The van der Waals surface area contributed by atoms with E-state index in [1.807, 2.05) is 44.2 Å². The second-order valence-corrected chi connectivity index (χ2v) is 6.07. The van der Waals surface area contributed by atoms with Gasteiger partial charge in [0.2, 0.25) is 0 Å². The van der Waals surface area contributed by atoms with Gasteiger partial charge < -0.3 is 14.8 Å². The highest BCUT2D eigenvalue weighted by molar-refractivity contribution is 9.10. The molecule has 0 radical (unpaired) electrons. The normalized spacial score (nSPS) is 10.7. The topological polar surface area (TPSA) is 56.3 Å². The molecule has 0 atom stereocenters. The fraction of sp³-hybridized carbons (Fsp3) is 0.222. The van der Waals surface area contributed by atoms with Gasteiger partial charge in [-0.15, -0.1) is 0 Å². The number of anilines is 2.